The zero-order valence-corrected chi connectivity index (χ0v) is 21.7. The van der Waals surface area contributed by atoms with E-state index < -0.39 is 23.2 Å². The minimum absolute atomic E-state index is 0.0637. The second-order valence-corrected chi connectivity index (χ2v) is 10.6. The number of halogens is 3. The fourth-order valence-corrected chi connectivity index (χ4v) is 5.13. The average molecular weight is 551 g/mol. The SMILES string of the molecule is N#CCC1(n2cc(C(N)=O)c(NC(=O)C3CC3)n2)CCN(Cc2ccc(-c3ccc(C(F)(F)F)cc3)cc2)CC1. The van der Waals surface area contributed by atoms with Gasteiger partial charge in [0.05, 0.1) is 23.6 Å². The molecule has 8 nitrogen and oxygen atoms in total. The fourth-order valence-electron chi connectivity index (χ4n) is 5.13. The number of aromatic nitrogens is 2. The van der Waals surface area contributed by atoms with Crippen LogP contribution in [0.2, 0.25) is 0 Å². The molecule has 40 heavy (non-hydrogen) atoms. The van der Waals surface area contributed by atoms with Crippen molar-refractivity contribution in [3.63, 3.8) is 0 Å². The van der Waals surface area contributed by atoms with Crippen LogP contribution in [0, 0.1) is 17.2 Å². The zero-order valence-electron chi connectivity index (χ0n) is 21.7. The summed E-state index contributed by atoms with van der Waals surface area (Å²) in [6.07, 6.45) is 0.211. The van der Waals surface area contributed by atoms with Crippen LogP contribution in [0.4, 0.5) is 19.0 Å². The number of benzene rings is 2. The molecule has 2 fully saturated rings. The highest BCUT2D eigenvalue weighted by Gasteiger charge is 2.39. The maximum absolute atomic E-state index is 12.9. The summed E-state index contributed by atoms with van der Waals surface area (Å²) in [4.78, 5) is 26.6. The largest absolute Gasteiger partial charge is 0.416 e. The molecule has 2 aliphatic rings. The summed E-state index contributed by atoms with van der Waals surface area (Å²) in [6.45, 7) is 2.03. The van der Waals surface area contributed by atoms with Gasteiger partial charge in [0.15, 0.2) is 5.82 Å². The lowest BCUT2D eigenvalue weighted by Gasteiger charge is -2.40. The number of carbonyl (C=O) groups is 2. The van der Waals surface area contributed by atoms with Gasteiger partial charge in [-0.1, -0.05) is 36.4 Å². The lowest BCUT2D eigenvalue weighted by atomic mass is 9.84. The van der Waals surface area contributed by atoms with E-state index >= 15 is 0 Å². The Morgan fingerprint density at radius 1 is 1.05 bits per heavy atom. The molecular weight excluding hydrogens is 521 g/mol. The Kier molecular flexibility index (Phi) is 7.38. The van der Waals surface area contributed by atoms with Crippen molar-refractivity contribution in [3.05, 3.63) is 71.4 Å². The molecule has 3 aromatic rings. The molecule has 1 saturated carbocycles. The average Bonchev–Trinajstić information content (AvgIpc) is 3.70. The summed E-state index contributed by atoms with van der Waals surface area (Å²) < 4.78 is 40.2. The predicted molar refractivity (Wildman–Crippen MR) is 142 cm³/mol. The molecule has 208 valence electrons. The van der Waals surface area contributed by atoms with Crippen molar-refractivity contribution in [1.82, 2.24) is 14.7 Å². The van der Waals surface area contributed by atoms with Gasteiger partial charge in [-0.15, -0.1) is 0 Å². The van der Waals surface area contributed by atoms with E-state index in [0.717, 1.165) is 36.1 Å². The number of hydrogen-bond donors (Lipinski definition) is 2. The van der Waals surface area contributed by atoms with Crippen molar-refractivity contribution in [1.29, 1.82) is 5.26 Å². The van der Waals surface area contributed by atoms with Gasteiger partial charge >= 0.3 is 6.18 Å². The smallest absolute Gasteiger partial charge is 0.365 e. The molecule has 2 aromatic carbocycles. The van der Waals surface area contributed by atoms with Crippen molar-refractivity contribution in [3.8, 4) is 17.2 Å². The van der Waals surface area contributed by atoms with Gasteiger partial charge in [-0.3, -0.25) is 19.2 Å². The third-order valence-corrected chi connectivity index (χ3v) is 7.76. The highest BCUT2D eigenvalue weighted by atomic mass is 19.4. The van der Waals surface area contributed by atoms with Crippen molar-refractivity contribution < 1.29 is 22.8 Å². The Balaban J connectivity index is 1.25. The van der Waals surface area contributed by atoms with Crippen LogP contribution in [0.1, 0.15) is 53.6 Å². The van der Waals surface area contributed by atoms with E-state index in [0.29, 0.717) is 38.0 Å². The topological polar surface area (TPSA) is 117 Å². The molecule has 11 heteroatoms. The normalized spacial score (nSPS) is 17.2. The van der Waals surface area contributed by atoms with E-state index in [1.165, 1.54) is 18.3 Å². The summed E-state index contributed by atoms with van der Waals surface area (Å²) in [7, 11) is 0. The molecule has 1 aromatic heterocycles. The van der Waals surface area contributed by atoms with Crippen molar-refractivity contribution >= 4 is 17.6 Å². The molecule has 2 heterocycles. The Morgan fingerprint density at radius 2 is 1.65 bits per heavy atom. The van der Waals surface area contributed by atoms with Gasteiger partial charge in [0, 0.05) is 31.7 Å². The summed E-state index contributed by atoms with van der Waals surface area (Å²) in [5.74, 6) is -0.800. The summed E-state index contributed by atoms with van der Waals surface area (Å²) in [5, 5.41) is 16.8. The van der Waals surface area contributed by atoms with E-state index in [1.54, 1.807) is 4.68 Å². The van der Waals surface area contributed by atoms with Crippen LogP contribution in [0.25, 0.3) is 11.1 Å². The van der Waals surface area contributed by atoms with Crippen molar-refractivity contribution in [2.45, 2.75) is 50.4 Å². The Labute approximate surface area is 229 Å². The number of anilines is 1. The molecule has 1 aliphatic heterocycles. The van der Waals surface area contributed by atoms with Crippen LogP contribution >= 0.6 is 0 Å². The summed E-state index contributed by atoms with van der Waals surface area (Å²) >= 11 is 0. The number of hydrogen-bond acceptors (Lipinski definition) is 5. The lowest BCUT2D eigenvalue weighted by Crippen LogP contribution is -2.46. The van der Waals surface area contributed by atoms with E-state index in [1.807, 2.05) is 24.3 Å². The van der Waals surface area contributed by atoms with Crippen molar-refractivity contribution in [2.75, 3.05) is 18.4 Å². The zero-order chi connectivity index (χ0) is 28.5. The lowest BCUT2D eigenvalue weighted by molar-refractivity contribution is -0.137. The quantitative estimate of drug-likeness (QED) is 0.413. The second kappa shape index (κ2) is 10.8. The van der Waals surface area contributed by atoms with Crippen molar-refractivity contribution in [2.24, 2.45) is 11.7 Å². The van der Waals surface area contributed by atoms with E-state index in [9.17, 15) is 28.0 Å². The molecular formula is C29H29F3N6O2. The van der Waals surface area contributed by atoms with Gasteiger partial charge in [-0.2, -0.15) is 23.5 Å². The maximum Gasteiger partial charge on any atom is 0.416 e. The summed E-state index contributed by atoms with van der Waals surface area (Å²) in [6, 6.07) is 15.1. The molecule has 2 amide bonds. The number of piperidine rings is 1. The monoisotopic (exact) mass is 550 g/mol. The summed E-state index contributed by atoms with van der Waals surface area (Å²) in [5.41, 5.74) is 6.98. The van der Waals surface area contributed by atoms with Crippen LogP contribution in [0.5, 0.6) is 0 Å². The highest BCUT2D eigenvalue weighted by Crippen LogP contribution is 2.36. The molecule has 0 spiro atoms. The number of nitrogens with one attached hydrogen (secondary N) is 1. The molecule has 0 atom stereocenters. The standard InChI is InChI=1S/C29H29F3N6O2/c30-29(31,32)23-9-7-21(8-10-23)20-3-1-19(2-4-20)17-37-15-12-28(11-14-33,13-16-37)38-18-24(25(34)39)26(36-38)35-27(40)22-5-6-22/h1-4,7-10,18,22H,5-6,11-13,15-17H2,(H2,34,39)(H,35,36,40). The van der Waals surface area contributed by atoms with E-state index in [4.69, 9.17) is 5.73 Å². The van der Waals surface area contributed by atoms with Crippen LogP contribution in [0.3, 0.4) is 0 Å². The van der Waals surface area contributed by atoms with Gasteiger partial charge in [-0.05, 0) is 54.5 Å². The van der Waals surface area contributed by atoms with Gasteiger partial charge in [0.2, 0.25) is 5.91 Å². The number of primary amides is 1. The molecule has 0 unspecified atom stereocenters. The second-order valence-electron chi connectivity index (χ2n) is 10.6. The van der Waals surface area contributed by atoms with Gasteiger partial charge in [0.1, 0.15) is 5.56 Å². The van der Waals surface area contributed by atoms with Crippen LogP contribution in [-0.2, 0) is 23.1 Å². The number of carbonyl (C=O) groups excluding carboxylic acids is 2. The first-order chi connectivity index (χ1) is 19.1. The van der Waals surface area contributed by atoms with Crippen LogP contribution < -0.4 is 11.1 Å². The third-order valence-electron chi connectivity index (χ3n) is 7.76. The number of amides is 2. The van der Waals surface area contributed by atoms with Crippen LogP contribution in [0.15, 0.2) is 54.7 Å². The molecule has 5 rings (SSSR count). The fraction of sp³-hybridized carbons (Fsp3) is 0.379. The Hall–Kier alpha value is -4.17. The maximum atomic E-state index is 12.9. The Morgan fingerprint density at radius 3 is 2.17 bits per heavy atom. The minimum atomic E-state index is -4.36. The van der Waals surface area contributed by atoms with Crippen LogP contribution in [-0.4, -0.2) is 39.6 Å². The number of nitrogens with zero attached hydrogens (tertiary/aromatic N) is 4. The van der Waals surface area contributed by atoms with Gasteiger partial charge < -0.3 is 11.1 Å². The number of nitriles is 1. The highest BCUT2D eigenvalue weighted by molar-refractivity contribution is 6.02. The molecule has 1 saturated heterocycles. The number of alkyl halides is 3. The van der Waals surface area contributed by atoms with E-state index in [-0.39, 0.29) is 29.6 Å². The Bertz CT molecular complexity index is 1430. The third kappa shape index (κ3) is 5.87. The minimum Gasteiger partial charge on any atom is -0.365 e. The van der Waals surface area contributed by atoms with E-state index in [2.05, 4.69) is 21.4 Å². The first-order valence-electron chi connectivity index (χ1n) is 13.1. The number of nitrogens with two attached hydrogens (primary N) is 1. The molecule has 0 bridgehead atoms. The van der Waals surface area contributed by atoms with Gasteiger partial charge in [-0.25, -0.2) is 0 Å². The predicted octanol–water partition coefficient (Wildman–Crippen LogP) is 4.92. The van der Waals surface area contributed by atoms with Gasteiger partial charge in [0.25, 0.3) is 5.91 Å². The first kappa shape index (κ1) is 27.4. The number of likely N-dealkylation sites (tertiary alicyclic amines) is 1. The molecule has 3 N–H and O–H groups in total. The first-order valence-corrected chi connectivity index (χ1v) is 13.1. The number of rotatable bonds is 8. The molecule has 0 radical (unpaired) electrons. The molecule has 1 aliphatic carbocycles.